The molecule has 1 rings (SSSR count). The smallest absolute Gasteiger partial charge is 0.156 e. The van der Waals surface area contributed by atoms with Gasteiger partial charge < -0.3 is 14.6 Å². The summed E-state index contributed by atoms with van der Waals surface area (Å²) in [5.41, 5.74) is 0. The minimum atomic E-state index is -0.634. The number of aliphatic hydroxyl groups excluding tert-OH is 1. The lowest BCUT2D eigenvalue weighted by Gasteiger charge is -2.04. The molecule has 1 heterocycles. The minimum absolute atomic E-state index is 0.199. The highest BCUT2D eigenvalue weighted by Gasteiger charge is 2.26. The van der Waals surface area contributed by atoms with Crippen molar-refractivity contribution in [2.75, 3.05) is 0 Å². The Kier molecular flexibility index (Phi) is 4.31. The van der Waals surface area contributed by atoms with E-state index < -0.39 is 6.29 Å². The molecule has 1 aliphatic rings. The Morgan fingerprint density at radius 2 is 2.20 bits per heavy atom. The van der Waals surface area contributed by atoms with Crippen LogP contribution in [0.15, 0.2) is 0 Å². The summed E-state index contributed by atoms with van der Waals surface area (Å²) >= 11 is 0. The third-order valence-corrected chi connectivity index (χ3v) is 1.41. The second-order valence-corrected chi connectivity index (χ2v) is 2.28. The van der Waals surface area contributed by atoms with Gasteiger partial charge >= 0.3 is 0 Å². The van der Waals surface area contributed by atoms with Crippen molar-refractivity contribution in [2.24, 2.45) is 5.92 Å². The zero-order chi connectivity index (χ0) is 8.15. The fourth-order valence-electron chi connectivity index (χ4n) is 0.852. The average molecular weight is 142 g/mol. The van der Waals surface area contributed by atoms with E-state index in [9.17, 15) is 0 Å². The van der Waals surface area contributed by atoms with Gasteiger partial charge in [-0.05, 0) is 6.42 Å². The summed E-state index contributed by atoms with van der Waals surface area (Å²) < 4.78 is 4.81. The zero-order valence-electron chi connectivity index (χ0n) is 5.99. The van der Waals surface area contributed by atoms with Gasteiger partial charge in [0.1, 0.15) is 14.6 Å². The number of carbonyl (C=O) groups is 1. The highest BCUT2D eigenvalue weighted by atomic mass is 16.6. The molecule has 1 aliphatic heterocycles. The summed E-state index contributed by atoms with van der Waals surface area (Å²) in [5, 5.41) is 8.87. The van der Waals surface area contributed by atoms with E-state index in [0.717, 1.165) is 6.42 Å². The molecule has 1 unspecified atom stereocenters. The molecular formula is C6H11BO3. The lowest BCUT2D eigenvalue weighted by Crippen LogP contribution is -2.12. The quantitative estimate of drug-likeness (QED) is 0.471. The largest absolute Gasteiger partial charge is 0.368 e. The molecule has 4 heteroatoms. The maximum absolute atomic E-state index is 8.87. The molecule has 0 amide bonds. The van der Waals surface area contributed by atoms with Crippen LogP contribution in [-0.4, -0.2) is 32.0 Å². The second kappa shape index (κ2) is 4.47. The molecule has 0 aromatic carbocycles. The van der Waals surface area contributed by atoms with Crippen LogP contribution in [0.1, 0.15) is 13.3 Å². The first-order valence-corrected chi connectivity index (χ1v) is 3.08. The molecule has 0 aromatic rings. The molecule has 0 aliphatic carbocycles. The van der Waals surface area contributed by atoms with Crippen molar-refractivity contribution in [3.63, 3.8) is 0 Å². The molecule has 1 N–H and O–H groups in total. The van der Waals surface area contributed by atoms with E-state index in [1.807, 2.05) is 13.7 Å². The van der Waals surface area contributed by atoms with E-state index >= 15 is 0 Å². The number of rotatable bonds is 0. The average Bonchev–Trinajstić information content (AvgIpc) is 2.16. The third-order valence-electron chi connectivity index (χ3n) is 1.41. The van der Waals surface area contributed by atoms with Crippen LogP contribution in [0.25, 0.3) is 0 Å². The lowest BCUT2D eigenvalue weighted by molar-refractivity contribution is -0.0980. The first kappa shape index (κ1) is 9.65. The fraction of sp³-hybridized carbons (Fsp3) is 0.833. The van der Waals surface area contributed by atoms with Crippen molar-refractivity contribution in [3.8, 4) is 0 Å². The van der Waals surface area contributed by atoms with Gasteiger partial charge in [-0.25, -0.2) is 0 Å². The van der Waals surface area contributed by atoms with Crippen molar-refractivity contribution in [1.82, 2.24) is 0 Å². The molecule has 0 bridgehead atoms. The van der Waals surface area contributed by atoms with Gasteiger partial charge in [-0.2, -0.15) is 0 Å². The summed E-state index contributed by atoms with van der Waals surface area (Å²) in [5.74, 6) is 0.199. The Bertz CT molecular complexity index is 89.0. The molecule has 10 heavy (non-hydrogen) atoms. The van der Waals surface area contributed by atoms with Crippen LogP contribution in [0.5, 0.6) is 0 Å². The van der Waals surface area contributed by atoms with Crippen molar-refractivity contribution < 1.29 is 14.6 Å². The molecule has 1 fully saturated rings. The van der Waals surface area contributed by atoms with Crippen LogP contribution in [0.4, 0.5) is 0 Å². The van der Waals surface area contributed by atoms with Gasteiger partial charge in [0.15, 0.2) is 6.29 Å². The van der Waals surface area contributed by atoms with E-state index in [1.54, 1.807) is 0 Å². The minimum Gasteiger partial charge on any atom is -0.368 e. The van der Waals surface area contributed by atoms with Gasteiger partial charge in [0, 0.05) is 11.9 Å². The summed E-state index contributed by atoms with van der Waals surface area (Å²) in [6.07, 6.45) is 0.131. The van der Waals surface area contributed by atoms with Crippen LogP contribution in [-0.2, 0) is 9.53 Å². The van der Waals surface area contributed by atoms with Crippen LogP contribution >= 0.6 is 0 Å². The Morgan fingerprint density at radius 3 is 2.30 bits per heavy atom. The summed E-state index contributed by atoms with van der Waals surface area (Å²) in [6.45, 7) is 3.91. The van der Waals surface area contributed by atoms with Gasteiger partial charge in [-0.3, -0.25) is 0 Å². The number of aliphatic hydroxyl groups is 1. The van der Waals surface area contributed by atoms with E-state index in [2.05, 4.69) is 0 Å². The van der Waals surface area contributed by atoms with Crippen LogP contribution in [0.3, 0.4) is 0 Å². The van der Waals surface area contributed by atoms with Gasteiger partial charge in [-0.1, -0.05) is 6.92 Å². The predicted molar refractivity (Wildman–Crippen MR) is 37.5 cm³/mol. The molecule has 0 saturated carbocycles. The van der Waals surface area contributed by atoms with E-state index in [1.165, 1.54) is 0 Å². The Hall–Kier alpha value is -0.345. The highest BCUT2D eigenvalue weighted by molar-refractivity contribution is 6.11. The topological polar surface area (TPSA) is 46.5 Å². The number of ether oxygens (including phenoxy) is 1. The maximum Gasteiger partial charge on any atom is 0.156 e. The normalized spacial score (nSPS) is 38.4. The molecule has 3 nitrogen and oxygen atoms in total. The molecule has 3 atom stereocenters. The number of hydrogen-bond donors (Lipinski definition) is 1. The van der Waals surface area contributed by atoms with Crippen LogP contribution in [0.2, 0.25) is 0 Å². The van der Waals surface area contributed by atoms with Crippen molar-refractivity contribution in [2.45, 2.75) is 25.6 Å². The molecule has 0 aromatic heterocycles. The lowest BCUT2D eigenvalue weighted by atomic mass is 9.93. The Balaban J connectivity index is 0.000000371. The second-order valence-electron chi connectivity index (χ2n) is 2.28. The molecular weight excluding hydrogens is 131 g/mol. The van der Waals surface area contributed by atoms with E-state index in [0.29, 0.717) is 0 Å². The standard InChI is InChI=1S/C5H9BO2.CH2O/c1-3-2-4(6)8-5(3)7;1-2/h3-5,7H,2H2,1H3;1H2/t3?,4-,5+;/m1./s1. The van der Waals surface area contributed by atoms with Gasteiger partial charge in [0.2, 0.25) is 0 Å². The first-order chi connectivity index (χ1) is 4.70. The Labute approximate surface area is 61.8 Å². The van der Waals surface area contributed by atoms with Crippen molar-refractivity contribution in [1.29, 1.82) is 0 Å². The molecule has 0 spiro atoms. The van der Waals surface area contributed by atoms with E-state index in [-0.39, 0.29) is 11.9 Å². The zero-order valence-corrected chi connectivity index (χ0v) is 5.99. The Morgan fingerprint density at radius 1 is 1.70 bits per heavy atom. The molecule has 2 radical (unpaired) electrons. The predicted octanol–water partition coefficient (Wildman–Crippen LogP) is -0.329. The van der Waals surface area contributed by atoms with Gasteiger partial charge in [0.25, 0.3) is 0 Å². The number of hydrogen-bond acceptors (Lipinski definition) is 3. The SMILES string of the molecule is C=O.[B][C@H]1CC(C)[C@@H](O)O1. The van der Waals surface area contributed by atoms with Crippen molar-refractivity contribution >= 4 is 14.6 Å². The third kappa shape index (κ3) is 2.50. The van der Waals surface area contributed by atoms with Gasteiger partial charge in [0.05, 0.1) is 0 Å². The van der Waals surface area contributed by atoms with Crippen LogP contribution in [0, 0.1) is 5.92 Å². The summed E-state index contributed by atoms with van der Waals surface area (Å²) in [7, 11) is 5.33. The molecule has 1 saturated heterocycles. The molecule has 56 valence electrons. The summed E-state index contributed by atoms with van der Waals surface area (Å²) in [4.78, 5) is 8.00. The van der Waals surface area contributed by atoms with Gasteiger partial charge in [-0.15, -0.1) is 0 Å². The number of carbonyl (C=O) groups excluding carboxylic acids is 1. The summed E-state index contributed by atoms with van der Waals surface area (Å²) in [6, 6.07) is -0.250. The first-order valence-electron chi connectivity index (χ1n) is 3.08. The van der Waals surface area contributed by atoms with Crippen molar-refractivity contribution in [3.05, 3.63) is 0 Å². The monoisotopic (exact) mass is 142 g/mol. The maximum atomic E-state index is 8.87. The fourth-order valence-corrected chi connectivity index (χ4v) is 0.852. The highest BCUT2D eigenvalue weighted by Crippen LogP contribution is 2.21. The van der Waals surface area contributed by atoms with E-state index in [4.69, 9.17) is 22.5 Å². The van der Waals surface area contributed by atoms with Crippen LogP contribution < -0.4 is 0 Å².